The van der Waals surface area contributed by atoms with Gasteiger partial charge in [0.1, 0.15) is 0 Å². The molecule has 0 aliphatic carbocycles. The molecule has 1 saturated heterocycles. The summed E-state index contributed by atoms with van der Waals surface area (Å²) in [5.41, 5.74) is 2.29. The number of hydrogen-bond donors (Lipinski definition) is 2. The number of nitrogens with zero attached hydrogens (tertiary/aromatic N) is 2. The van der Waals surface area contributed by atoms with Gasteiger partial charge in [-0.05, 0) is 37.3 Å². The lowest BCUT2D eigenvalue weighted by Crippen LogP contribution is -2.47. The molecule has 0 saturated carbocycles. The van der Waals surface area contributed by atoms with E-state index >= 15 is 0 Å². The first-order valence-corrected chi connectivity index (χ1v) is 8.72. The van der Waals surface area contributed by atoms with Crippen molar-refractivity contribution in [2.45, 2.75) is 31.8 Å². The minimum atomic E-state index is 0. The van der Waals surface area contributed by atoms with Gasteiger partial charge in [-0.25, -0.2) is 0 Å². The van der Waals surface area contributed by atoms with Crippen molar-refractivity contribution < 1.29 is 9.53 Å². The average Bonchev–Trinajstić information content (AvgIpc) is 3.14. The van der Waals surface area contributed by atoms with Crippen molar-refractivity contribution in [1.29, 1.82) is 0 Å². The third-order valence-corrected chi connectivity index (χ3v) is 4.56. The minimum absolute atomic E-state index is 0. The van der Waals surface area contributed by atoms with Crippen molar-refractivity contribution in [3.05, 3.63) is 29.8 Å². The van der Waals surface area contributed by atoms with Crippen molar-refractivity contribution in [3.8, 4) is 0 Å². The second-order valence-corrected chi connectivity index (χ2v) is 6.22. The van der Waals surface area contributed by atoms with Gasteiger partial charge < -0.3 is 20.3 Å². The van der Waals surface area contributed by atoms with Crippen LogP contribution in [0.25, 0.3) is 0 Å². The molecule has 1 atom stereocenters. The predicted octanol–water partition coefficient (Wildman–Crippen LogP) is 1.93. The summed E-state index contributed by atoms with van der Waals surface area (Å²) in [5.74, 6) is 0.714. The number of anilines is 1. The molecular weight excluding hydrogens is 431 g/mol. The third-order valence-electron chi connectivity index (χ3n) is 4.56. The Kier molecular flexibility index (Phi) is 7.95. The molecule has 3 rings (SSSR count). The number of halogens is 1. The maximum absolute atomic E-state index is 12.6. The van der Waals surface area contributed by atoms with Gasteiger partial charge in [-0.1, -0.05) is 18.2 Å². The average molecular weight is 458 g/mol. The van der Waals surface area contributed by atoms with Crippen LogP contribution >= 0.6 is 24.0 Å². The summed E-state index contributed by atoms with van der Waals surface area (Å²) in [6.07, 6.45) is 4.49. The molecule has 2 heterocycles. The van der Waals surface area contributed by atoms with Gasteiger partial charge in [0.2, 0.25) is 5.91 Å². The molecule has 1 aromatic rings. The van der Waals surface area contributed by atoms with Gasteiger partial charge in [0.15, 0.2) is 5.96 Å². The number of guanidine groups is 1. The molecule has 2 N–H and O–H groups in total. The van der Waals surface area contributed by atoms with E-state index < -0.39 is 0 Å². The van der Waals surface area contributed by atoms with Crippen LogP contribution in [0, 0.1) is 0 Å². The summed E-state index contributed by atoms with van der Waals surface area (Å²) in [6, 6.07) is 8.14. The Hall–Kier alpha value is -1.35. The standard InChI is InChI=1S/C18H26N4O2.HI/c1-19-18(20-12-15-8-5-11-24-15)21-13-17(23)22-10-4-7-14-6-2-3-9-16(14)22;/h2-3,6,9,15H,4-5,7-8,10-13H2,1H3,(H2,19,20,21);1H. The largest absolute Gasteiger partial charge is 0.376 e. The summed E-state index contributed by atoms with van der Waals surface area (Å²) < 4.78 is 5.59. The van der Waals surface area contributed by atoms with Gasteiger partial charge in [-0.2, -0.15) is 0 Å². The van der Waals surface area contributed by atoms with Crippen LogP contribution in [0.15, 0.2) is 29.3 Å². The molecule has 1 aromatic carbocycles. The topological polar surface area (TPSA) is 66.0 Å². The number of para-hydroxylation sites is 1. The SMILES string of the molecule is CN=C(NCC(=O)N1CCCc2ccccc21)NCC1CCCO1.I. The van der Waals surface area contributed by atoms with Gasteiger partial charge >= 0.3 is 0 Å². The fraction of sp³-hybridized carbons (Fsp3) is 0.556. The predicted molar refractivity (Wildman–Crippen MR) is 111 cm³/mol. The van der Waals surface area contributed by atoms with E-state index in [1.165, 1.54) is 5.56 Å². The summed E-state index contributed by atoms with van der Waals surface area (Å²) in [4.78, 5) is 18.7. The van der Waals surface area contributed by atoms with Crippen molar-refractivity contribution in [3.63, 3.8) is 0 Å². The summed E-state index contributed by atoms with van der Waals surface area (Å²) in [7, 11) is 1.71. The maximum Gasteiger partial charge on any atom is 0.246 e. The quantitative estimate of drug-likeness (QED) is 0.411. The van der Waals surface area contributed by atoms with E-state index in [-0.39, 0.29) is 42.5 Å². The van der Waals surface area contributed by atoms with Crippen LogP contribution in [0.1, 0.15) is 24.8 Å². The lowest BCUT2D eigenvalue weighted by molar-refractivity contribution is -0.117. The van der Waals surface area contributed by atoms with Crippen LogP contribution < -0.4 is 15.5 Å². The fourth-order valence-electron chi connectivity index (χ4n) is 3.28. The Morgan fingerprint density at radius 3 is 2.92 bits per heavy atom. The van der Waals surface area contributed by atoms with E-state index in [2.05, 4.69) is 21.7 Å². The van der Waals surface area contributed by atoms with Crippen molar-refractivity contribution >= 4 is 41.5 Å². The van der Waals surface area contributed by atoms with Crippen molar-refractivity contribution in [1.82, 2.24) is 10.6 Å². The molecule has 138 valence electrons. The van der Waals surface area contributed by atoms with E-state index in [1.54, 1.807) is 7.05 Å². The van der Waals surface area contributed by atoms with E-state index in [0.29, 0.717) is 5.96 Å². The number of benzene rings is 1. The number of aryl methyl sites for hydroxylation is 1. The van der Waals surface area contributed by atoms with Crippen molar-refractivity contribution in [2.75, 3.05) is 38.2 Å². The number of carbonyl (C=O) groups is 1. The molecule has 0 bridgehead atoms. The zero-order valence-electron chi connectivity index (χ0n) is 14.7. The molecule has 0 spiro atoms. The molecular formula is C18H27IN4O2. The Balaban J connectivity index is 0.00000225. The number of carbonyl (C=O) groups excluding carboxylic acids is 1. The van der Waals surface area contributed by atoms with Crippen LogP contribution in [0.2, 0.25) is 0 Å². The second-order valence-electron chi connectivity index (χ2n) is 6.22. The Morgan fingerprint density at radius 2 is 2.16 bits per heavy atom. The van der Waals surface area contributed by atoms with Gasteiger partial charge in [0, 0.05) is 32.4 Å². The lowest BCUT2D eigenvalue weighted by Gasteiger charge is -2.29. The van der Waals surface area contributed by atoms with Crippen molar-refractivity contribution in [2.24, 2.45) is 4.99 Å². The first kappa shape index (κ1) is 20.0. The maximum atomic E-state index is 12.6. The first-order valence-electron chi connectivity index (χ1n) is 8.72. The zero-order valence-corrected chi connectivity index (χ0v) is 17.0. The molecule has 1 amide bonds. The Morgan fingerprint density at radius 1 is 1.32 bits per heavy atom. The van der Waals surface area contributed by atoms with Crippen LogP contribution in [0.3, 0.4) is 0 Å². The molecule has 6 nitrogen and oxygen atoms in total. The molecule has 2 aliphatic rings. The van der Waals surface area contributed by atoms with E-state index in [0.717, 1.165) is 51.1 Å². The van der Waals surface area contributed by atoms with Gasteiger partial charge in [-0.15, -0.1) is 24.0 Å². The van der Waals surface area contributed by atoms with E-state index in [9.17, 15) is 4.79 Å². The van der Waals surface area contributed by atoms with Gasteiger partial charge in [-0.3, -0.25) is 9.79 Å². The Bertz CT molecular complexity index is 602. The smallest absolute Gasteiger partial charge is 0.246 e. The van der Waals surface area contributed by atoms with Crippen LogP contribution in [0.5, 0.6) is 0 Å². The molecule has 0 aromatic heterocycles. The summed E-state index contributed by atoms with van der Waals surface area (Å²) >= 11 is 0. The molecule has 1 fully saturated rings. The van der Waals surface area contributed by atoms with Crippen LogP contribution in [-0.4, -0.2) is 51.3 Å². The zero-order chi connectivity index (χ0) is 16.8. The van der Waals surface area contributed by atoms with Crippen LogP contribution in [-0.2, 0) is 16.0 Å². The number of nitrogens with one attached hydrogen (secondary N) is 2. The normalized spacial score (nSPS) is 19.8. The fourth-order valence-corrected chi connectivity index (χ4v) is 3.28. The minimum Gasteiger partial charge on any atom is -0.376 e. The molecule has 7 heteroatoms. The van der Waals surface area contributed by atoms with Gasteiger partial charge in [0.25, 0.3) is 0 Å². The van der Waals surface area contributed by atoms with E-state index in [4.69, 9.17) is 4.74 Å². The van der Waals surface area contributed by atoms with Gasteiger partial charge in [0.05, 0.1) is 12.6 Å². The number of aliphatic imine (C=N–C) groups is 1. The molecule has 25 heavy (non-hydrogen) atoms. The highest BCUT2D eigenvalue weighted by molar-refractivity contribution is 14.0. The monoisotopic (exact) mass is 458 g/mol. The number of amides is 1. The van der Waals surface area contributed by atoms with Crippen LogP contribution in [0.4, 0.5) is 5.69 Å². The number of fused-ring (bicyclic) bond motifs is 1. The number of ether oxygens (including phenoxy) is 1. The third kappa shape index (κ3) is 5.31. The first-order chi connectivity index (χ1) is 11.8. The highest BCUT2D eigenvalue weighted by Gasteiger charge is 2.22. The summed E-state index contributed by atoms with van der Waals surface area (Å²) in [5, 5.41) is 6.35. The molecule has 0 radical (unpaired) electrons. The lowest BCUT2D eigenvalue weighted by atomic mass is 10.0. The highest BCUT2D eigenvalue weighted by atomic mass is 127. The summed E-state index contributed by atoms with van der Waals surface area (Å²) in [6.45, 7) is 2.57. The number of rotatable bonds is 4. The number of hydrogen-bond acceptors (Lipinski definition) is 3. The molecule has 1 unspecified atom stereocenters. The molecule has 2 aliphatic heterocycles. The Labute approximate surface area is 166 Å². The highest BCUT2D eigenvalue weighted by Crippen LogP contribution is 2.26. The van der Waals surface area contributed by atoms with E-state index in [1.807, 2.05) is 23.1 Å². The second kappa shape index (κ2) is 9.96.